The van der Waals surface area contributed by atoms with E-state index >= 15 is 0 Å². The first kappa shape index (κ1) is 29.3. The SMILES string of the molecule is CC(C)C(NC(=O)C(CC(N)=O)NC(=O)C(N)C(C)O)C(=O)NC(Cc1c[nH]c2ccccc12)C(=O)O. The Morgan fingerprint density at radius 2 is 1.57 bits per heavy atom. The summed E-state index contributed by atoms with van der Waals surface area (Å²) >= 11 is 0. The van der Waals surface area contributed by atoms with Crippen molar-refractivity contribution in [3.8, 4) is 0 Å². The van der Waals surface area contributed by atoms with Crippen LogP contribution in [0.4, 0.5) is 0 Å². The molecule has 5 atom stereocenters. The number of carboxylic acid groups (broad SMARTS) is 1. The number of carboxylic acids is 1. The number of primary amides is 1. The molecule has 13 nitrogen and oxygen atoms in total. The summed E-state index contributed by atoms with van der Waals surface area (Å²) in [5, 5.41) is 27.2. The lowest BCUT2D eigenvalue weighted by molar-refractivity contribution is -0.142. The van der Waals surface area contributed by atoms with E-state index in [9.17, 15) is 34.2 Å². The van der Waals surface area contributed by atoms with Crippen molar-refractivity contribution in [2.24, 2.45) is 17.4 Å². The molecular formula is C24H34N6O7. The van der Waals surface area contributed by atoms with E-state index in [-0.39, 0.29) is 6.42 Å². The highest BCUT2D eigenvalue weighted by molar-refractivity contribution is 5.96. The van der Waals surface area contributed by atoms with Gasteiger partial charge in [0.1, 0.15) is 24.2 Å². The molecule has 0 radical (unpaired) electrons. The van der Waals surface area contributed by atoms with Crippen LogP contribution in [0.25, 0.3) is 10.9 Å². The number of aliphatic hydroxyl groups excluding tert-OH is 1. The largest absolute Gasteiger partial charge is 0.480 e. The maximum atomic E-state index is 13.1. The minimum atomic E-state index is -1.47. The van der Waals surface area contributed by atoms with Crippen LogP contribution in [0.15, 0.2) is 30.5 Å². The molecule has 10 N–H and O–H groups in total. The number of amides is 4. The molecule has 1 heterocycles. The molecule has 0 bridgehead atoms. The van der Waals surface area contributed by atoms with Crippen LogP contribution in [0, 0.1) is 5.92 Å². The number of benzene rings is 1. The van der Waals surface area contributed by atoms with E-state index in [2.05, 4.69) is 20.9 Å². The number of H-pyrrole nitrogens is 1. The van der Waals surface area contributed by atoms with Crippen molar-refractivity contribution >= 4 is 40.5 Å². The molecule has 2 rings (SSSR count). The fourth-order valence-corrected chi connectivity index (χ4v) is 3.67. The number of fused-ring (bicyclic) bond motifs is 1. The van der Waals surface area contributed by atoms with Gasteiger partial charge >= 0.3 is 5.97 Å². The normalized spacial score (nSPS) is 15.3. The van der Waals surface area contributed by atoms with Gasteiger partial charge in [-0.3, -0.25) is 19.2 Å². The van der Waals surface area contributed by atoms with Crippen LogP contribution < -0.4 is 27.4 Å². The number of aliphatic carboxylic acids is 1. The van der Waals surface area contributed by atoms with Crippen LogP contribution in [0.5, 0.6) is 0 Å². The summed E-state index contributed by atoms with van der Waals surface area (Å²) in [6.07, 6.45) is -0.156. The number of hydrogen-bond acceptors (Lipinski definition) is 7. The molecule has 1 aromatic carbocycles. The lowest BCUT2D eigenvalue weighted by atomic mass is 10.00. The van der Waals surface area contributed by atoms with Gasteiger partial charge in [-0.1, -0.05) is 32.0 Å². The number of nitrogens with one attached hydrogen (secondary N) is 4. The zero-order valence-corrected chi connectivity index (χ0v) is 20.9. The minimum absolute atomic E-state index is 0.0125. The highest BCUT2D eigenvalue weighted by Gasteiger charge is 2.33. The summed E-state index contributed by atoms with van der Waals surface area (Å²) < 4.78 is 0. The summed E-state index contributed by atoms with van der Waals surface area (Å²) in [5.41, 5.74) is 12.3. The summed E-state index contributed by atoms with van der Waals surface area (Å²) in [4.78, 5) is 64.7. The van der Waals surface area contributed by atoms with E-state index in [4.69, 9.17) is 11.5 Å². The molecule has 0 fully saturated rings. The Balaban J connectivity index is 2.17. The number of hydrogen-bond donors (Lipinski definition) is 8. The van der Waals surface area contributed by atoms with Gasteiger partial charge in [0.05, 0.1) is 12.5 Å². The van der Waals surface area contributed by atoms with E-state index in [0.717, 1.165) is 10.9 Å². The van der Waals surface area contributed by atoms with E-state index in [1.54, 1.807) is 20.0 Å². The second kappa shape index (κ2) is 12.8. The Morgan fingerprint density at radius 3 is 2.14 bits per heavy atom. The second-order valence-corrected chi connectivity index (χ2v) is 9.19. The maximum absolute atomic E-state index is 13.1. The Hall–Kier alpha value is -3.97. The van der Waals surface area contributed by atoms with Crippen molar-refractivity contribution in [3.05, 3.63) is 36.0 Å². The first-order valence-electron chi connectivity index (χ1n) is 11.7. The predicted octanol–water partition coefficient (Wildman–Crippen LogP) is -1.51. The first-order valence-corrected chi connectivity index (χ1v) is 11.7. The van der Waals surface area contributed by atoms with Gasteiger partial charge in [-0.2, -0.15) is 0 Å². The number of aromatic amines is 1. The van der Waals surface area contributed by atoms with Crippen LogP contribution in [0.2, 0.25) is 0 Å². The third kappa shape index (κ3) is 8.02. The van der Waals surface area contributed by atoms with E-state index in [1.165, 1.54) is 6.92 Å². The fraction of sp³-hybridized carbons (Fsp3) is 0.458. The van der Waals surface area contributed by atoms with Crippen LogP contribution >= 0.6 is 0 Å². The highest BCUT2D eigenvalue weighted by atomic mass is 16.4. The molecule has 0 aliphatic carbocycles. The number of carbonyl (C=O) groups excluding carboxylic acids is 4. The number of nitrogens with two attached hydrogens (primary N) is 2. The van der Waals surface area contributed by atoms with Crippen LogP contribution in [-0.2, 0) is 30.4 Å². The van der Waals surface area contributed by atoms with Crippen LogP contribution in [0.3, 0.4) is 0 Å². The summed E-state index contributed by atoms with van der Waals surface area (Å²) in [6.45, 7) is 4.54. The van der Waals surface area contributed by atoms with E-state index < -0.39 is 72.2 Å². The average Bonchev–Trinajstić information content (AvgIpc) is 3.22. The summed E-state index contributed by atoms with van der Waals surface area (Å²) in [6, 6.07) is 1.99. The molecule has 202 valence electrons. The van der Waals surface area contributed by atoms with Gasteiger partial charge in [0.15, 0.2) is 0 Å². The average molecular weight is 519 g/mol. The molecule has 0 aliphatic heterocycles. The van der Waals surface area contributed by atoms with Gasteiger partial charge in [-0.05, 0) is 24.5 Å². The molecule has 0 saturated carbocycles. The topological polar surface area (TPSA) is 230 Å². The third-order valence-corrected chi connectivity index (χ3v) is 5.82. The van der Waals surface area contributed by atoms with Gasteiger partial charge in [0.2, 0.25) is 23.6 Å². The molecule has 2 aromatic rings. The van der Waals surface area contributed by atoms with Crippen molar-refractivity contribution in [1.29, 1.82) is 0 Å². The zero-order valence-electron chi connectivity index (χ0n) is 20.9. The highest BCUT2D eigenvalue weighted by Crippen LogP contribution is 2.19. The van der Waals surface area contributed by atoms with E-state index in [1.807, 2.05) is 24.3 Å². The van der Waals surface area contributed by atoms with E-state index in [0.29, 0.717) is 5.56 Å². The number of para-hydroxylation sites is 1. The Bertz CT molecular complexity index is 1150. The second-order valence-electron chi connectivity index (χ2n) is 9.19. The zero-order chi connectivity index (χ0) is 27.9. The van der Waals surface area contributed by atoms with Gasteiger partial charge in [-0.15, -0.1) is 0 Å². The number of aromatic nitrogens is 1. The molecule has 0 aliphatic rings. The first-order chi connectivity index (χ1) is 17.3. The van der Waals surface area contributed by atoms with Gasteiger partial charge in [0, 0.05) is 23.5 Å². The van der Waals surface area contributed by atoms with Gasteiger partial charge in [-0.25, -0.2) is 4.79 Å². The minimum Gasteiger partial charge on any atom is -0.480 e. The van der Waals surface area contributed by atoms with Crippen molar-refractivity contribution < 1.29 is 34.2 Å². The Morgan fingerprint density at radius 1 is 0.946 bits per heavy atom. The molecule has 0 saturated heterocycles. The standard InChI is InChI=1S/C24H34N6O7/c1-11(2)20(30-21(33)16(9-18(25)32)28-22(34)19(26)12(3)31)23(35)29-17(24(36)37)8-13-10-27-15-7-5-4-6-14(13)15/h4-7,10-12,16-17,19-20,27,31H,8-9,26H2,1-3H3,(H2,25,32)(H,28,34)(H,29,35)(H,30,33)(H,36,37). The number of aliphatic hydroxyl groups is 1. The molecule has 37 heavy (non-hydrogen) atoms. The predicted molar refractivity (Wildman–Crippen MR) is 134 cm³/mol. The van der Waals surface area contributed by atoms with Gasteiger partial charge in [0.25, 0.3) is 0 Å². The molecular weight excluding hydrogens is 484 g/mol. The van der Waals surface area contributed by atoms with Gasteiger partial charge < -0.3 is 42.6 Å². The van der Waals surface area contributed by atoms with Crippen molar-refractivity contribution in [1.82, 2.24) is 20.9 Å². The van der Waals surface area contributed by atoms with Crippen LogP contribution in [-0.4, -0.2) is 75.1 Å². The Kier molecular flexibility index (Phi) is 10.1. The van der Waals surface area contributed by atoms with Crippen molar-refractivity contribution in [2.45, 2.75) is 63.9 Å². The lowest BCUT2D eigenvalue weighted by Crippen LogP contribution is -2.59. The molecule has 13 heteroatoms. The fourth-order valence-electron chi connectivity index (χ4n) is 3.67. The molecule has 5 unspecified atom stereocenters. The number of rotatable bonds is 13. The molecule has 4 amide bonds. The molecule has 0 spiro atoms. The maximum Gasteiger partial charge on any atom is 0.326 e. The monoisotopic (exact) mass is 518 g/mol. The smallest absolute Gasteiger partial charge is 0.326 e. The third-order valence-electron chi connectivity index (χ3n) is 5.82. The number of carbonyl (C=O) groups is 5. The molecule has 1 aromatic heterocycles. The lowest BCUT2D eigenvalue weighted by Gasteiger charge is -2.27. The van der Waals surface area contributed by atoms with Crippen molar-refractivity contribution in [3.63, 3.8) is 0 Å². The van der Waals surface area contributed by atoms with Crippen LogP contribution in [0.1, 0.15) is 32.8 Å². The summed E-state index contributed by atoms with van der Waals surface area (Å²) in [5.74, 6) is -5.22. The quantitative estimate of drug-likeness (QED) is 0.155. The summed E-state index contributed by atoms with van der Waals surface area (Å²) in [7, 11) is 0. The van der Waals surface area contributed by atoms with Crippen molar-refractivity contribution in [2.75, 3.05) is 0 Å². The Labute approximate surface area is 213 Å².